The molecule has 0 radical (unpaired) electrons. The highest BCUT2D eigenvalue weighted by atomic mass is 16.4. The molecule has 0 bridgehead atoms. The first-order valence-electron chi connectivity index (χ1n) is 6.29. The van der Waals surface area contributed by atoms with Crippen molar-refractivity contribution in [2.75, 3.05) is 0 Å². The van der Waals surface area contributed by atoms with Gasteiger partial charge in [0.25, 0.3) is 0 Å². The first-order valence-corrected chi connectivity index (χ1v) is 6.29. The van der Waals surface area contributed by atoms with E-state index in [2.05, 4.69) is 5.32 Å². The van der Waals surface area contributed by atoms with E-state index in [4.69, 9.17) is 4.42 Å². The molecule has 0 unspecified atom stereocenters. The van der Waals surface area contributed by atoms with Gasteiger partial charge in [0.1, 0.15) is 17.6 Å². The van der Waals surface area contributed by atoms with E-state index in [9.17, 15) is 9.90 Å². The third kappa shape index (κ3) is 3.45. The Hall–Kier alpha value is -2.07. The van der Waals surface area contributed by atoms with Crippen LogP contribution < -0.4 is 5.32 Å². The zero-order valence-electron chi connectivity index (χ0n) is 10.8. The highest BCUT2D eigenvalue weighted by Crippen LogP contribution is 2.15. The number of carbonyl (C=O) groups is 1. The molecule has 4 nitrogen and oxygen atoms in total. The van der Waals surface area contributed by atoms with E-state index in [0.717, 1.165) is 23.5 Å². The van der Waals surface area contributed by atoms with Gasteiger partial charge in [-0.1, -0.05) is 37.3 Å². The van der Waals surface area contributed by atoms with Gasteiger partial charge < -0.3 is 9.52 Å². The summed E-state index contributed by atoms with van der Waals surface area (Å²) < 4.78 is 5.54. The number of hydrogen-bond acceptors (Lipinski definition) is 3. The predicted octanol–water partition coefficient (Wildman–Crippen LogP) is 2.76. The second-order valence-electron chi connectivity index (χ2n) is 4.28. The molecule has 1 heterocycles. The smallest absolute Gasteiger partial charge is 0.325 e. The van der Waals surface area contributed by atoms with Crippen molar-refractivity contribution in [3.05, 3.63) is 59.5 Å². The summed E-state index contributed by atoms with van der Waals surface area (Å²) in [6, 6.07) is 12.2. The molecule has 0 saturated carbocycles. The number of carboxylic acid groups (broad SMARTS) is 1. The number of aryl methyl sites for hydroxylation is 1. The highest BCUT2D eigenvalue weighted by molar-refractivity contribution is 5.75. The fraction of sp³-hybridized carbons (Fsp3) is 0.267. The van der Waals surface area contributed by atoms with Gasteiger partial charge in [-0.05, 0) is 17.7 Å². The average molecular weight is 259 g/mol. The minimum absolute atomic E-state index is 0.395. The third-order valence-corrected chi connectivity index (χ3v) is 2.93. The largest absolute Gasteiger partial charge is 0.480 e. The molecule has 0 aliphatic heterocycles. The highest BCUT2D eigenvalue weighted by Gasteiger charge is 2.19. The summed E-state index contributed by atoms with van der Waals surface area (Å²) >= 11 is 0. The Morgan fingerprint density at radius 1 is 1.21 bits per heavy atom. The number of aliphatic carboxylic acids is 1. The summed E-state index contributed by atoms with van der Waals surface area (Å²) in [5, 5.41) is 12.3. The molecular formula is C15H17NO3. The Balaban J connectivity index is 2.04. The van der Waals surface area contributed by atoms with E-state index in [1.54, 1.807) is 12.1 Å². The topological polar surface area (TPSA) is 62.5 Å². The fourth-order valence-corrected chi connectivity index (χ4v) is 1.90. The molecule has 0 spiro atoms. The lowest BCUT2D eigenvalue weighted by atomic mass is 10.1. The van der Waals surface area contributed by atoms with Gasteiger partial charge in [0, 0.05) is 6.42 Å². The van der Waals surface area contributed by atoms with Crippen molar-refractivity contribution in [1.29, 1.82) is 0 Å². The number of nitrogens with one attached hydrogen (secondary N) is 1. The molecule has 0 fully saturated rings. The van der Waals surface area contributed by atoms with Crippen LogP contribution in [0.4, 0.5) is 0 Å². The fourth-order valence-electron chi connectivity index (χ4n) is 1.90. The standard InChI is InChI=1S/C15H17NO3/c1-2-12-8-9-13(19-12)10-16-14(15(17)18)11-6-4-3-5-7-11/h3-9,14,16H,2,10H2,1H3,(H,17,18)/t14-/m1/s1. The molecule has 1 aromatic heterocycles. The Bertz CT molecular complexity index is 533. The van der Waals surface area contributed by atoms with Crippen LogP contribution in [-0.2, 0) is 17.8 Å². The van der Waals surface area contributed by atoms with E-state index in [1.165, 1.54) is 0 Å². The third-order valence-electron chi connectivity index (χ3n) is 2.93. The van der Waals surface area contributed by atoms with Crippen LogP contribution >= 0.6 is 0 Å². The van der Waals surface area contributed by atoms with Crippen molar-refractivity contribution >= 4 is 5.97 Å². The van der Waals surface area contributed by atoms with Gasteiger partial charge in [0.05, 0.1) is 6.54 Å². The van der Waals surface area contributed by atoms with Gasteiger partial charge in [0.15, 0.2) is 0 Å². The second kappa shape index (κ2) is 6.20. The van der Waals surface area contributed by atoms with E-state index in [-0.39, 0.29) is 0 Å². The molecule has 2 N–H and O–H groups in total. The molecule has 0 aliphatic rings. The molecule has 2 rings (SSSR count). The first kappa shape index (κ1) is 13.4. The van der Waals surface area contributed by atoms with Crippen LogP contribution in [0.15, 0.2) is 46.9 Å². The minimum atomic E-state index is -0.895. The molecule has 1 aromatic carbocycles. The summed E-state index contributed by atoms with van der Waals surface area (Å²) in [6.07, 6.45) is 0.834. The van der Waals surface area contributed by atoms with Crippen LogP contribution in [-0.4, -0.2) is 11.1 Å². The molecule has 0 aliphatic carbocycles. The molecule has 4 heteroatoms. The number of rotatable bonds is 6. The van der Waals surface area contributed by atoms with Gasteiger partial charge in [-0.3, -0.25) is 10.1 Å². The minimum Gasteiger partial charge on any atom is -0.480 e. The molecule has 2 aromatic rings. The zero-order valence-corrected chi connectivity index (χ0v) is 10.8. The van der Waals surface area contributed by atoms with E-state index >= 15 is 0 Å². The maximum Gasteiger partial charge on any atom is 0.325 e. The van der Waals surface area contributed by atoms with Gasteiger partial charge in [-0.15, -0.1) is 0 Å². The van der Waals surface area contributed by atoms with Gasteiger partial charge in [-0.2, -0.15) is 0 Å². The molecular weight excluding hydrogens is 242 g/mol. The molecule has 0 amide bonds. The molecule has 19 heavy (non-hydrogen) atoms. The Labute approximate surface area is 112 Å². The summed E-state index contributed by atoms with van der Waals surface area (Å²) in [5.74, 6) is 0.760. The number of benzene rings is 1. The van der Waals surface area contributed by atoms with Crippen molar-refractivity contribution in [3.63, 3.8) is 0 Å². The summed E-state index contributed by atoms with van der Waals surface area (Å²) in [5.41, 5.74) is 0.734. The SMILES string of the molecule is CCc1ccc(CN[C@@H](C(=O)O)c2ccccc2)o1. The van der Waals surface area contributed by atoms with Crippen molar-refractivity contribution < 1.29 is 14.3 Å². The maximum absolute atomic E-state index is 11.3. The Kier molecular flexibility index (Phi) is 4.36. The first-order chi connectivity index (χ1) is 9.20. The lowest BCUT2D eigenvalue weighted by Gasteiger charge is -2.13. The van der Waals surface area contributed by atoms with Gasteiger partial charge in [-0.25, -0.2) is 0 Å². The Morgan fingerprint density at radius 3 is 2.47 bits per heavy atom. The van der Waals surface area contributed by atoms with Crippen LogP contribution in [0.2, 0.25) is 0 Å². The van der Waals surface area contributed by atoms with Crippen LogP contribution in [0.1, 0.15) is 30.0 Å². The van der Waals surface area contributed by atoms with Crippen molar-refractivity contribution in [3.8, 4) is 0 Å². The zero-order chi connectivity index (χ0) is 13.7. The predicted molar refractivity (Wildman–Crippen MR) is 71.7 cm³/mol. The number of furan rings is 1. The van der Waals surface area contributed by atoms with Gasteiger partial charge in [0.2, 0.25) is 0 Å². The molecule has 1 atom stereocenters. The average Bonchev–Trinajstić information content (AvgIpc) is 2.88. The van der Waals surface area contributed by atoms with Crippen molar-refractivity contribution in [1.82, 2.24) is 5.32 Å². The van der Waals surface area contributed by atoms with Crippen LogP contribution in [0, 0.1) is 0 Å². The van der Waals surface area contributed by atoms with Gasteiger partial charge >= 0.3 is 5.97 Å². The second-order valence-corrected chi connectivity index (χ2v) is 4.28. The number of hydrogen-bond donors (Lipinski definition) is 2. The molecule has 0 saturated heterocycles. The normalized spacial score (nSPS) is 12.3. The summed E-state index contributed by atoms with van der Waals surface area (Å²) in [6.45, 7) is 2.41. The van der Waals surface area contributed by atoms with E-state index < -0.39 is 12.0 Å². The quantitative estimate of drug-likeness (QED) is 0.837. The van der Waals surface area contributed by atoms with Crippen LogP contribution in [0.3, 0.4) is 0 Å². The van der Waals surface area contributed by atoms with E-state index in [1.807, 2.05) is 37.3 Å². The lowest BCUT2D eigenvalue weighted by molar-refractivity contribution is -0.139. The molecule has 100 valence electrons. The van der Waals surface area contributed by atoms with E-state index in [0.29, 0.717) is 6.54 Å². The lowest BCUT2D eigenvalue weighted by Crippen LogP contribution is -2.27. The maximum atomic E-state index is 11.3. The number of carboxylic acids is 1. The Morgan fingerprint density at radius 2 is 1.89 bits per heavy atom. The monoisotopic (exact) mass is 259 g/mol. The van der Waals surface area contributed by atoms with Crippen molar-refractivity contribution in [2.45, 2.75) is 25.9 Å². The van der Waals surface area contributed by atoms with Crippen LogP contribution in [0.25, 0.3) is 0 Å². The summed E-state index contributed by atoms with van der Waals surface area (Å²) in [7, 11) is 0. The summed E-state index contributed by atoms with van der Waals surface area (Å²) in [4.78, 5) is 11.3. The van der Waals surface area contributed by atoms with Crippen LogP contribution in [0.5, 0.6) is 0 Å². The van der Waals surface area contributed by atoms with Crippen molar-refractivity contribution in [2.24, 2.45) is 0 Å².